The molecule has 1 aliphatic rings. The van der Waals surface area contributed by atoms with Gasteiger partial charge in [0, 0.05) is 24.0 Å². The molecule has 2 atom stereocenters. The maximum Gasteiger partial charge on any atom is 0.216 e. The number of hydrogen-bond acceptors (Lipinski definition) is 4. The van der Waals surface area contributed by atoms with Crippen molar-refractivity contribution >= 4 is 29.9 Å². The number of likely N-dealkylation sites (N-methyl/N-ethyl adjacent to an activating group) is 1. The van der Waals surface area contributed by atoms with E-state index in [-0.39, 0.29) is 34.9 Å². The van der Waals surface area contributed by atoms with E-state index in [1.807, 2.05) is 6.20 Å². The highest BCUT2D eigenvalue weighted by Crippen LogP contribution is 2.35. The van der Waals surface area contributed by atoms with Gasteiger partial charge in [-0.15, -0.1) is 24.0 Å². The smallest absolute Gasteiger partial charge is 0.216 e. The molecule has 2 unspecified atom stereocenters. The molecular formula is C21H40IN5O. The van der Waals surface area contributed by atoms with Gasteiger partial charge in [-0.3, -0.25) is 0 Å². The highest BCUT2D eigenvalue weighted by Gasteiger charge is 2.36. The molecule has 2 rings (SSSR count). The minimum atomic E-state index is -0.0342. The summed E-state index contributed by atoms with van der Waals surface area (Å²) >= 11 is 0. The minimum absolute atomic E-state index is 0. The molecule has 0 aliphatic heterocycles. The van der Waals surface area contributed by atoms with Crippen LogP contribution in [0.15, 0.2) is 15.6 Å². The quantitative estimate of drug-likeness (QED) is 0.346. The van der Waals surface area contributed by atoms with Crippen molar-refractivity contribution in [2.24, 2.45) is 10.9 Å². The van der Waals surface area contributed by atoms with Crippen molar-refractivity contribution in [2.45, 2.75) is 77.8 Å². The molecular weight excluding hydrogens is 465 g/mol. The molecule has 1 aliphatic carbocycles. The standard InChI is InChI=1S/C21H39N5O.HI/c1-8-22-19(24-14-18-23-13-17(27-18)20(3,4)5)25-15-21(26(6)7)11-9-10-16(2)12-21;/h13,16H,8-12,14-15H2,1-7H3,(H2,22,24,25);1H. The average Bonchev–Trinajstić information content (AvgIpc) is 3.06. The lowest BCUT2D eigenvalue weighted by Gasteiger charge is -2.45. The first-order valence-corrected chi connectivity index (χ1v) is 10.3. The summed E-state index contributed by atoms with van der Waals surface area (Å²) in [5, 5.41) is 6.92. The fourth-order valence-corrected chi connectivity index (χ4v) is 3.82. The minimum Gasteiger partial charge on any atom is -0.443 e. The van der Waals surface area contributed by atoms with Crippen molar-refractivity contribution in [1.82, 2.24) is 20.5 Å². The van der Waals surface area contributed by atoms with Gasteiger partial charge in [-0.2, -0.15) is 0 Å². The molecule has 0 aromatic carbocycles. The highest BCUT2D eigenvalue weighted by molar-refractivity contribution is 14.0. The van der Waals surface area contributed by atoms with Crippen molar-refractivity contribution < 1.29 is 4.42 Å². The first kappa shape index (κ1) is 25.2. The second kappa shape index (κ2) is 10.8. The normalized spacial score (nSPS) is 23.4. The van der Waals surface area contributed by atoms with Crippen molar-refractivity contribution in [2.75, 3.05) is 27.2 Å². The zero-order chi connectivity index (χ0) is 20.1. The number of nitrogens with zero attached hydrogens (tertiary/aromatic N) is 3. The summed E-state index contributed by atoms with van der Waals surface area (Å²) in [5.74, 6) is 3.15. The van der Waals surface area contributed by atoms with Crippen molar-refractivity contribution in [3.8, 4) is 0 Å². The lowest BCUT2D eigenvalue weighted by molar-refractivity contribution is 0.0795. The van der Waals surface area contributed by atoms with Gasteiger partial charge in [0.1, 0.15) is 12.3 Å². The van der Waals surface area contributed by atoms with Crippen LogP contribution in [0.4, 0.5) is 0 Å². The van der Waals surface area contributed by atoms with Gasteiger partial charge in [0.05, 0.1) is 6.20 Å². The summed E-state index contributed by atoms with van der Waals surface area (Å²) in [7, 11) is 4.40. The zero-order valence-corrected chi connectivity index (χ0v) is 21.1. The van der Waals surface area contributed by atoms with E-state index >= 15 is 0 Å². The van der Waals surface area contributed by atoms with E-state index in [4.69, 9.17) is 9.41 Å². The SMILES string of the molecule is CCNC(=NCc1ncc(C(C)(C)C)o1)NCC1(N(C)C)CCCC(C)C1.I. The van der Waals surface area contributed by atoms with Crippen LogP contribution in [0.2, 0.25) is 0 Å². The average molecular weight is 505 g/mol. The molecule has 1 aromatic rings. The maximum atomic E-state index is 5.86. The van der Waals surface area contributed by atoms with E-state index in [9.17, 15) is 0 Å². The van der Waals surface area contributed by atoms with Gasteiger partial charge >= 0.3 is 0 Å². The summed E-state index contributed by atoms with van der Waals surface area (Å²) in [4.78, 5) is 11.5. The third-order valence-electron chi connectivity index (χ3n) is 5.61. The second-order valence-corrected chi connectivity index (χ2v) is 9.24. The Morgan fingerprint density at radius 1 is 1.36 bits per heavy atom. The van der Waals surface area contributed by atoms with E-state index in [0.717, 1.165) is 30.7 Å². The fraction of sp³-hybridized carbons (Fsp3) is 0.810. The summed E-state index contributed by atoms with van der Waals surface area (Å²) in [6.07, 6.45) is 6.90. The Morgan fingerprint density at radius 3 is 2.61 bits per heavy atom. The van der Waals surface area contributed by atoms with E-state index < -0.39 is 0 Å². The number of aliphatic imine (C=N–C) groups is 1. The maximum absolute atomic E-state index is 5.86. The summed E-state index contributed by atoms with van der Waals surface area (Å²) in [5.41, 5.74) is 0.156. The molecule has 162 valence electrons. The zero-order valence-electron chi connectivity index (χ0n) is 18.8. The van der Waals surface area contributed by atoms with Crippen LogP contribution in [0.3, 0.4) is 0 Å². The van der Waals surface area contributed by atoms with Gasteiger partial charge < -0.3 is 20.0 Å². The number of guanidine groups is 1. The van der Waals surface area contributed by atoms with Crippen LogP contribution in [0.25, 0.3) is 0 Å². The predicted octanol–water partition coefficient (Wildman–Crippen LogP) is 4.16. The fourth-order valence-electron chi connectivity index (χ4n) is 3.82. The molecule has 0 saturated heterocycles. The van der Waals surface area contributed by atoms with Gasteiger partial charge in [0.25, 0.3) is 0 Å². The van der Waals surface area contributed by atoms with Gasteiger partial charge in [-0.05, 0) is 39.8 Å². The molecule has 0 bridgehead atoms. The van der Waals surface area contributed by atoms with Crippen LogP contribution in [0.1, 0.15) is 72.0 Å². The number of oxazole rings is 1. The number of halogens is 1. The van der Waals surface area contributed by atoms with Crippen LogP contribution in [0, 0.1) is 5.92 Å². The molecule has 1 aromatic heterocycles. The Hall–Kier alpha value is -0.830. The Balaban J connectivity index is 0.00000392. The first-order chi connectivity index (χ1) is 12.7. The molecule has 0 spiro atoms. The molecule has 0 amide bonds. The Kier molecular flexibility index (Phi) is 9.73. The van der Waals surface area contributed by atoms with Gasteiger partial charge in [0.2, 0.25) is 5.89 Å². The third-order valence-corrected chi connectivity index (χ3v) is 5.61. The van der Waals surface area contributed by atoms with Gasteiger partial charge in [-0.25, -0.2) is 9.98 Å². The molecule has 1 heterocycles. The highest BCUT2D eigenvalue weighted by atomic mass is 127. The van der Waals surface area contributed by atoms with Crippen molar-refractivity contribution in [3.63, 3.8) is 0 Å². The molecule has 1 saturated carbocycles. The third kappa shape index (κ3) is 6.90. The van der Waals surface area contributed by atoms with Crippen LogP contribution in [-0.2, 0) is 12.0 Å². The summed E-state index contributed by atoms with van der Waals surface area (Å²) in [6, 6.07) is 0. The predicted molar refractivity (Wildman–Crippen MR) is 127 cm³/mol. The molecule has 6 nitrogen and oxygen atoms in total. The van der Waals surface area contributed by atoms with Gasteiger partial charge in [-0.1, -0.05) is 40.5 Å². The van der Waals surface area contributed by atoms with E-state index in [2.05, 4.69) is 69.2 Å². The molecule has 0 radical (unpaired) electrons. The Bertz CT molecular complexity index is 623. The topological polar surface area (TPSA) is 65.7 Å². The molecule has 1 fully saturated rings. The Morgan fingerprint density at radius 2 is 2.07 bits per heavy atom. The largest absolute Gasteiger partial charge is 0.443 e. The second-order valence-electron chi connectivity index (χ2n) is 9.24. The van der Waals surface area contributed by atoms with Crippen molar-refractivity contribution in [3.05, 3.63) is 17.8 Å². The number of nitrogens with one attached hydrogen (secondary N) is 2. The first-order valence-electron chi connectivity index (χ1n) is 10.3. The summed E-state index contributed by atoms with van der Waals surface area (Å²) < 4.78 is 5.86. The monoisotopic (exact) mass is 505 g/mol. The van der Waals surface area contributed by atoms with Gasteiger partial charge in [0.15, 0.2) is 5.96 Å². The number of aromatic nitrogens is 1. The van der Waals surface area contributed by atoms with Crippen LogP contribution in [-0.4, -0.2) is 48.6 Å². The van der Waals surface area contributed by atoms with Crippen molar-refractivity contribution in [1.29, 1.82) is 0 Å². The van der Waals surface area contributed by atoms with Crippen LogP contribution >= 0.6 is 24.0 Å². The molecule has 2 N–H and O–H groups in total. The lowest BCUT2D eigenvalue weighted by atomic mass is 9.75. The number of hydrogen-bond donors (Lipinski definition) is 2. The van der Waals surface area contributed by atoms with E-state index in [1.165, 1.54) is 25.7 Å². The van der Waals surface area contributed by atoms with E-state index in [1.54, 1.807) is 0 Å². The molecule has 28 heavy (non-hydrogen) atoms. The van der Waals surface area contributed by atoms with Crippen LogP contribution < -0.4 is 10.6 Å². The van der Waals surface area contributed by atoms with E-state index in [0.29, 0.717) is 12.4 Å². The summed E-state index contributed by atoms with van der Waals surface area (Å²) in [6.45, 7) is 13.0. The Labute approximate surface area is 188 Å². The number of rotatable bonds is 6. The lowest BCUT2D eigenvalue weighted by Crippen LogP contribution is -2.56. The van der Waals surface area contributed by atoms with Crippen LogP contribution in [0.5, 0.6) is 0 Å². The molecule has 7 heteroatoms.